The quantitative estimate of drug-likeness (QED) is 0.126. The maximum Gasteiger partial charge on any atom is 2.00 e. The minimum Gasteiger partial charge on any atom is -0.161 e. The molecule has 154 valence electrons. The fourth-order valence-corrected chi connectivity index (χ4v) is 4.51. The molecule has 0 aliphatic rings. The van der Waals surface area contributed by atoms with Crippen molar-refractivity contribution in [3.05, 3.63) is 97.6 Å². The van der Waals surface area contributed by atoms with Gasteiger partial charge >= 0.3 is 21.7 Å². The van der Waals surface area contributed by atoms with Crippen LogP contribution >= 0.6 is 15.8 Å². The molecule has 0 aliphatic heterocycles. The van der Waals surface area contributed by atoms with Crippen molar-refractivity contribution in [3.8, 4) is 0 Å². The molecule has 4 aromatic rings. The third kappa shape index (κ3) is 8.09. The summed E-state index contributed by atoms with van der Waals surface area (Å²) in [7, 11) is 0.115. The van der Waals surface area contributed by atoms with Gasteiger partial charge in [-0.05, 0) is 33.6 Å². The van der Waals surface area contributed by atoms with Gasteiger partial charge in [0.25, 0.3) is 0 Å². The van der Waals surface area contributed by atoms with Crippen LogP contribution in [0.5, 0.6) is 0 Å². The Kier molecular flexibility index (Phi) is 12.4. The zero-order valence-corrected chi connectivity index (χ0v) is 22.1. The van der Waals surface area contributed by atoms with Gasteiger partial charge in [-0.3, -0.25) is 0 Å². The Morgan fingerprint density at radius 3 is 1.40 bits per heavy atom. The van der Waals surface area contributed by atoms with Crippen LogP contribution in [0, 0.1) is 0 Å². The van der Waals surface area contributed by atoms with Gasteiger partial charge in [-0.2, -0.15) is 12.1 Å². The Balaban J connectivity index is 0.000000241. The molecule has 0 saturated carbocycles. The standard InChI is InChI=1S/2C11H12P.C5H8.Ti/c2*1-12(2)11-7-9-5-3-4-6-10(9)8-11;1-3-5-4-2;/h2*3-8H,1-2H3;3-5H,1H2,2H3;/q2*-1;;+2/b;;5-4+;. The molecule has 0 atom stereocenters. The Hall–Kier alpha value is -1.29. The Morgan fingerprint density at radius 2 is 1.13 bits per heavy atom. The number of rotatable bonds is 3. The van der Waals surface area contributed by atoms with Crippen LogP contribution in [0.1, 0.15) is 6.92 Å². The molecule has 3 heteroatoms. The number of allylic oxidation sites excluding steroid dienone is 3. The molecule has 0 spiro atoms. The van der Waals surface area contributed by atoms with Crippen LogP contribution in [-0.4, -0.2) is 26.7 Å². The smallest absolute Gasteiger partial charge is 0.161 e. The van der Waals surface area contributed by atoms with Crippen LogP contribution in [0.3, 0.4) is 0 Å². The fourth-order valence-electron chi connectivity index (χ4n) is 2.92. The van der Waals surface area contributed by atoms with Gasteiger partial charge in [0, 0.05) is 0 Å². The average molecular weight is 466 g/mol. The summed E-state index contributed by atoms with van der Waals surface area (Å²) in [4.78, 5) is 0. The fraction of sp³-hybridized carbons (Fsp3) is 0.185. The zero-order chi connectivity index (χ0) is 21.2. The molecular weight excluding hydrogens is 434 g/mol. The number of fused-ring (bicyclic) bond motifs is 2. The van der Waals surface area contributed by atoms with Gasteiger partial charge in [-0.1, -0.05) is 36.9 Å². The van der Waals surface area contributed by atoms with Crippen molar-refractivity contribution >= 4 is 48.0 Å². The first-order chi connectivity index (χ1) is 14.0. The Labute approximate surface area is 200 Å². The monoisotopic (exact) mass is 466 g/mol. The molecule has 0 N–H and O–H groups in total. The van der Waals surface area contributed by atoms with E-state index in [1.54, 1.807) is 6.08 Å². The topological polar surface area (TPSA) is 0 Å². The van der Waals surface area contributed by atoms with Gasteiger partial charge in [0.05, 0.1) is 0 Å². The molecule has 30 heavy (non-hydrogen) atoms. The first-order valence-corrected chi connectivity index (χ1v) is 14.3. The van der Waals surface area contributed by atoms with Gasteiger partial charge in [-0.25, -0.2) is 0 Å². The van der Waals surface area contributed by atoms with Crippen molar-refractivity contribution in [1.29, 1.82) is 0 Å². The molecule has 4 aromatic carbocycles. The third-order valence-corrected chi connectivity index (χ3v) is 7.15. The van der Waals surface area contributed by atoms with Crippen LogP contribution in [0.15, 0.2) is 97.6 Å². The molecule has 0 aromatic heterocycles. The summed E-state index contributed by atoms with van der Waals surface area (Å²) in [6.45, 7) is 14.6. The Morgan fingerprint density at radius 1 is 0.733 bits per heavy atom. The summed E-state index contributed by atoms with van der Waals surface area (Å²) < 4.78 is 0. The van der Waals surface area contributed by atoms with Crippen molar-refractivity contribution < 1.29 is 21.7 Å². The summed E-state index contributed by atoms with van der Waals surface area (Å²) in [5, 5.41) is 8.53. The van der Waals surface area contributed by atoms with Crippen LogP contribution in [0.25, 0.3) is 21.5 Å². The minimum atomic E-state index is 0. The largest absolute Gasteiger partial charge is 2.00 e. The van der Waals surface area contributed by atoms with Gasteiger partial charge < -0.3 is 0 Å². The third-order valence-electron chi connectivity index (χ3n) is 4.57. The molecule has 0 aliphatic carbocycles. The van der Waals surface area contributed by atoms with E-state index in [1.807, 2.05) is 19.1 Å². The zero-order valence-electron chi connectivity index (χ0n) is 18.8. The molecule has 0 unspecified atom stereocenters. The molecular formula is C27H32P2Ti. The van der Waals surface area contributed by atoms with E-state index >= 15 is 0 Å². The van der Waals surface area contributed by atoms with Crippen molar-refractivity contribution in [2.75, 3.05) is 26.7 Å². The minimum absolute atomic E-state index is 0. The molecule has 4 rings (SSSR count). The van der Waals surface area contributed by atoms with E-state index in [0.717, 1.165) is 0 Å². The van der Waals surface area contributed by atoms with Gasteiger partial charge in [0.1, 0.15) is 0 Å². The number of hydrogen-bond donors (Lipinski definition) is 0. The normalized spacial score (nSPS) is 10.5. The second-order valence-electron chi connectivity index (χ2n) is 7.24. The maximum absolute atomic E-state index is 3.46. The van der Waals surface area contributed by atoms with E-state index in [2.05, 4.69) is 106 Å². The predicted molar refractivity (Wildman–Crippen MR) is 141 cm³/mol. The van der Waals surface area contributed by atoms with E-state index in [-0.39, 0.29) is 37.6 Å². The molecule has 0 bridgehead atoms. The predicted octanol–water partition coefficient (Wildman–Crippen LogP) is 7.60. The van der Waals surface area contributed by atoms with Crippen molar-refractivity contribution in [1.82, 2.24) is 0 Å². The van der Waals surface area contributed by atoms with Gasteiger partial charge in [-0.15, -0.1) is 96.5 Å². The summed E-state index contributed by atoms with van der Waals surface area (Å²) in [6, 6.07) is 26.3. The second-order valence-corrected chi connectivity index (χ2v) is 11.8. The van der Waals surface area contributed by atoms with E-state index in [0.29, 0.717) is 0 Å². The Bertz CT molecular complexity index is 907. The summed E-state index contributed by atoms with van der Waals surface area (Å²) in [5.74, 6) is 0. The molecule has 0 amide bonds. The molecule has 0 saturated heterocycles. The second kappa shape index (κ2) is 13.9. The van der Waals surface area contributed by atoms with Crippen molar-refractivity contribution in [3.63, 3.8) is 0 Å². The van der Waals surface area contributed by atoms with E-state index < -0.39 is 0 Å². The number of hydrogen-bond acceptors (Lipinski definition) is 0. The molecule has 0 fully saturated rings. The summed E-state index contributed by atoms with van der Waals surface area (Å²) in [5.41, 5.74) is 0. The van der Waals surface area contributed by atoms with Crippen molar-refractivity contribution in [2.24, 2.45) is 0 Å². The average Bonchev–Trinajstić information content (AvgIpc) is 3.34. The van der Waals surface area contributed by atoms with Crippen LogP contribution in [0.2, 0.25) is 0 Å². The van der Waals surface area contributed by atoms with Gasteiger partial charge in [0.2, 0.25) is 0 Å². The van der Waals surface area contributed by atoms with E-state index in [9.17, 15) is 0 Å². The first kappa shape index (κ1) is 26.7. The summed E-state index contributed by atoms with van der Waals surface area (Å²) >= 11 is 0. The van der Waals surface area contributed by atoms with E-state index in [4.69, 9.17) is 0 Å². The first-order valence-electron chi connectivity index (χ1n) is 9.85. The summed E-state index contributed by atoms with van der Waals surface area (Å²) in [6.07, 6.45) is 5.58. The molecule has 0 radical (unpaired) electrons. The molecule has 0 heterocycles. The van der Waals surface area contributed by atoms with Crippen LogP contribution in [0.4, 0.5) is 0 Å². The SMILES string of the molecule is C=C/C=C/C.CP(C)c1cc2ccccc2[cH-]1.CP(C)c1cc2ccccc2[cH-]1.[Ti+2]. The van der Waals surface area contributed by atoms with E-state index in [1.165, 1.54) is 32.2 Å². The number of benzene rings is 2. The van der Waals surface area contributed by atoms with Gasteiger partial charge in [0.15, 0.2) is 0 Å². The van der Waals surface area contributed by atoms with Crippen LogP contribution < -0.4 is 10.6 Å². The van der Waals surface area contributed by atoms with Crippen molar-refractivity contribution in [2.45, 2.75) is 6.92 Å². The molecule has 0 nitrogen and oxygen atoms in total. The maximum atomic E-state index is 3.46. The van der Waals surface area contributed by atoms with Crippen LogP contribution in [-0.2, 0) is 21.7 Å².